The number of hydrogen-bond donors (Lipinski definition) is 2. The Labute approximate surface area is 184 Å². The van der Waals surface area contributed by atoms with Gasteiger partial charge in [0.2, 0.25) is 0 Å². The van der Waals surface area contributed by atoms with Crippen molar-refractivity contribution in [1.29, 1.82) is 0 Å². The maximum absolute atomic E-state index is 5.09. The lowest BCUT2D eigenvalue weighted by atomic mass is 9.92. The molecule has 0 spiro atoms. The third-order valence-corrected chi connectivity index (χ3v) is 5.04. The lowest BCUT2D eigenvalue weighted by Crippen LogP contribution is -2.42. The van der Waals surface area contributed by atoms with Gasteiger partial charge in [0.05, 0.1) is 0 Å². The highest BCUT2D eigenvalue weighted by molar-refractivity contribution is 14.0. The predicted molar refractivity (Wildman–Crippen MR) is 127 cm³/mol. The number of halogens is 1. The molecule has 1 saturated heterocycles. The van der Waals surface area contributed by atoms with Crippen molar-refractivity contribution in [2.24, 2.45) is 16.8 Å². The average molecular weight is 498 g/mol. The van der Waals surface area contributed by atoms with Crippen LogP contribution in [0.25, 0.3) is 0 Å². The summed E-state index contributed by atoms with van der Waals surface area (Å²) in [4.78, 5) is 9.28. The van der Waals surface area contributed by atoms with Crippen molar-refractivity contribution in [3.8, 4) is 0 Å². The summed E-state index contributed by atoms with van der Waals surface area (Å²) in [6, 6.07) is 0. The van der Waals surface area contributed by atoms with E-state index < -0.39 is 0 Å². The van der Waals surface area contributed by atoms with E-state index in [2.05, 4.69) is 46.3 Å². The van der Waals surface area contributed by atoms with E-state index in [0.717, 1.165) is 57.0 Å². The number of methoxy groups -OCH3 is 1. The largest absolute Gasteiger partial charge is 0.385 e. The van der Waals surface area contributed by atoms with Crippen LogP contribution in [0.3, 0.4) is 0 Å². The van der Waals surface area contributed by atoms with Gasteiger partial charge in [0.15, 0.2) is 5.96 Å². The summed E-state index contributed by atoms with van der Waals surface area (Å²) in [6.45, 7) is 13.4. The van der Waals surface area contributed by atoms with E-state index in [1.807, 2.05) is 7.05 Å². The average Bonchev–Trinajstić information content (AvgIpc) is 2.59. The van der Waals surface area contributed by atoms with Gasteiger partial charge in [-0.3, -0.25) is 4.99 Å². The number of ether oxygens (including phenoxy) is 1. The SMILES string of the molecule is CN=C(NCCCCN1CC(C)CC(C)C1)NCCN(C)CCCOC.I. The Bertz CT molecular complexity index is 373. The number of likely N-dealkylation sites (N-methyl/N-ethyl adjacent to an activating group) is 1. The summed E-state index contributed by atoms with van der Waals surface area (Å²) in [6.07, 6.45) is 4.92. The first-order valence-corrected chi connectivity index (χ1v) is 10.4. The Morgan fingerprint density at radius 2 is 1.74 bits per heavy atom. The minimum Gasteiger partial charge on any atom is -0.385 e. The molecule has 0 bridgehead atoms. The molecular formula is C20H44IN5O. The molecule has 7 heteroatoms. The minimum absolute atomic E-state index is 0. The first-order chi connectivity index (χ1) is 12.5. The van der Waals surface area contributed by atoms with Crippen LogP contribution in [-0.2, 0) is 4.74 Å². The number of rotatable bonds is 12. The Morgan fingerprint density at radius 3 is 2.37 bits per heavy atom. The van der Waals surface area contributed by atoms with E-state index in [-0.39, 0.29) is 24.0 Å². The van der Waals surface area contributed by atoms with E-state index in [1.165, 1.54) is 38.9 Å². The van der Waals surface area contributed by atoms with Gasteiger partial charge in [-0.25, -0.2) is 0 Å². The molecule has 1 aliphatic heterocycles. The van der Waals surface area contributed by atoms with Crippen LogP contribution in [0.4, 0.5) is 0 Å². The van der Waals surface area contributed by atoms with Gasteiger partial charge >= 0.3 is 0 Å². The summed E-state index contributed by atoms with van der Waals surface area (Å²) in [5.74, 6) is 2.62. The van der Waals surface area contributed by atoms with Crippen LogP contribution in [0.15, 0.2) is 4.99 Å². The molecule has 0 aromatic rings. The van der Waals surface area contributed by atoms with Gasteiger partial charge in [-0.05, 0) is 51.1 Å². The molecule has 0 radical (unpaired) electrons. The van der Waals surface area contributed by atoms with E-state index in [1.54, 1.807) is 7.11 Å². The van der Waals surface area contributed by atoms with Gasteiger partial charge in [0.1, 0.15) is 0 Å². The van der Waals surface area contributed by atoms with Crippen LogP contribution in [0.2, 0.25) is 0 Å². The van der Waals surface area contributed by atoms with Crippen molar-refractivity contribution in [3.63, 3.8) is 0 Å². The Morgan fingerprint density at radius 1 is 1.07 bits per heavy atom. The third kappa shape index (κ3) is 13.7. The van der Waals surface area contributed by atoms with E-state index in [4.69, 9.17) is 4.74 Å². The lowest BCUT2D eigenvalue weighted by molar-refractivity contribution is 0.139. The van der Waals surface area contributed by atoms with Crippen LogP contribution in [0.5, 0.6) is 0 Å². The van der Waals surface area contributed by atoms with Gasteiger partial charge < -0.3 is 25.2 Å². The van der Waals surface area contributed by atoms with Crippen LogP contribution < -0.4 is 10.6 Å². The zero-order valence-corrected chi connectivity index (χ0v) is 20.6. The smallest absolute Gasteiger partial charge is 0.191 e. The molecule has 1 heterocycles. The van der Waals surface area contributed by atoms with Crippen LogP contribution in [-0.4, -0.2) is 89.4 Å². The molecule has 27 heavy (non-hydrogen) atoms. The summed E-state index contributed by atoms with van der Waals surface area (Å²) in [5.41, 5.74) is 0. The quantitative estimate of drug-likeness (QED) is 0.188. The Kier molecular flexibility index (Phi) is 16.7. The molecule has 1 rings (SSSR count). The monoisotopic (exact) mass is 497 g/mol. The number of nitrogens with zero attached hydrogens (tertiary/aromatic N) is 3. The maximum atomic E-state index is 5.09. The van der Waals surface area contributed by atoms with Gasteiger partial charge in [0.25, 0.3) is 0 Å². The fourth-order valence-corrected chi connectivity index (χ4v) is 3.82. The zero-order chi connectivity index (χ0) is 19.2. The van der Waals surface area contributed by atoms with Gasteiger partial charge in [-0.15, -0.1) is 24.0 Å². The fourth-order valence-electron chi connectivity index (χ4n) is 3.82. The molecule has 2 unspecified atom stereocenters. The molecular weight excluding hydrogens is 453 g/mol. The highest BCUT2D eigenvalue weighted by atomic mass is 127. The predicted octanol–water partition coefficient (Wildman–Crippen LogP) is 2.50. The molecule has 2 N–H and O–H groups in total. The number of likely N-dealkylation sites (tertiary alicyclic amines) is 1. The molecule has 0 amide bonds. The second-order valence-corrected chi connectivity index (χ2v) is 7.99. The van der Waals surface area contributed by atoms with Gasteiger partial charge in [0, 0.05) is 60.0 Å². The number of hydrogen-bond acceptors (Lipinski definition) is 4. The Balaban J connectivity index is 0.00000676. The third-order valence-electron chi connectivity index (χ3n) is 5.04. The number of unbranched alkanes of at least 4 members (excludes halogenated alkanes) is 1. The summed E-state index contributed by atoms with van der Waals surface area (Å²) >= 11 is 0. The molecule has 6 nitrogen and oxygen atoms in total. The van der Waals surface area contributed by atoms with Crippen molar-refractivity contribution in [3.05, 3.63) is 0 Å². The molecule has 0 aliphatic carbocycles. The van der Waals surface area contributed by atoms with Crippen molar-refractivity contribution in [2.75, 3.05) is 73.6 Å². The number of guanidine groups is 1. The van der Waals surface area contributed by atoms with E-state index in [9.17, 15) is 0 Å². The van der Waals surface area contributed by atoms with Crippen molar-refractivity contribution in [2.45, 2.75) is 39.5 Å². The first-order valence-electron chi connectivity index (χ1n) is 10.4. The van der Waals surface area contributed by atoms with Gasteiger partial charge in [-0.2, -0.15) is 0 Å². The lowest BCUT2D eigenvalue weighted by Gasteiger charge is -2.34. The second-order valence-electron chi connectivity index (χ2n) is 7.99. The minimum atomic E-state index is 0. The van der Waals surface area contributed by atoms with Crippen molar-refractivity contribution in [1.82, 2.24) is 20.4 Å². The zero-order valence-electron chi connectivity index (χ0n) is 18.3. The second kappa shape index (κ2) is 16.8. The van der Waals surface area contributed by atoms with Crippen LogP contribution >= 0.6 is 24.0 Å². The number of piperidine rings is 1. The fraction of sp³-hybridized carbons (Fsp3) is 0.950. The molecule has 162 valence electrons. The van der Waals surface area contributed by atoms with Crippen molar-refractivity contribution >= 4 is 29.9 Å². The normalized spacial score (nSPS) is 21.2. The van der Waals surface area contributed by atoms with Crippen LogP contribution in [0.1, 0.15) is 39.5 Å². The molecule has 0 aromatic heterocycles. The summed E-state index contributed by atoms with van der Waals surface area (Å²) in [5, 5.41) is 6.83. The molecule has 0 aromatic carbocycles. The number of nitrogens with one attached hydrogen (secondary N) is 2. The highest BCUT2D eigenvalue weighted by Gasteiger charge is 2.20. The topological polar surface area (TPSA) is 52.1 Å². The maximum Gasteiger partial charge on any atom is 0.191 e. The number of aliphatic imine (C=N–C) groups is 1. The standard InChI is InChI=1S/C20H43N5O.HI/c1-18-15-19(2)17-25(16-18)12-7-6-9-22-20(21-3)23-10-13-24(4)11-8-14-26-5;/h18-19H,6-17H2,1-5H3,(H2,21,22,23);1H. The van der Waals surface area contributed by atoms with Gasteiger partial charge in [-0.1, -0.05) is 13.8 Å². The molecule has 1 fully saturated rings. The first kappa shape index (κ1) is 26.9. The summed E-state index contributed by atoms with van der Waals surface area (Å²) < 4.78 is 5.09. The molecule has 0 saturated carbocycles. The van der Waals surface area contributed by atoms with E-state index in [0.29, 0.717) is 0 Å². The summed E-state index contributed by atoms with van der Waals surface area (Å²) in [7, 11) is 5.74. The molecule has 1 aliphatic rings. The van der Waals surface area contributed by atoms with Crippen LogP contribution in [0, 0.1) is 11.8 Å². The highest BCUT2D eigenvalue weighted by Crippen LogP contribution is 2.20. The Hall–Kier alpha value is -0.120. The van der Waals surface area contributed by atoms with E-state index >= 15 is 0 Å². The van der Waals surface area contributed by atoms with Crippen molar-refractivity contribution < 1.29 is 4.74 Å². The molecule has 2 atom stereocenters.